The Hall–Kier alpha value is -1.26. The van der Waals surface area contributed by atoms with E-state index in [9.17, 15) is 9.59 Å². The summed E-state index contributed by atoms with van der Waals surface area (Å²) in [5, 5.41) is 0. The van der Waals surface area contributed by atoms with Gasteiger partial charge < -0.3 is 9.47 Å². The molecule has 0 aromatic heterocycles. The van der Waals surface area contributed by atoms with E-state index >= 15 is 0 Å². The van der Waals surface area contributed by atoms with Crippen molar-refractivity contribution in [2.24, 2.45) is 0 Å². The minimum atomic E-state index is -0.455. The van der Waals surface area contributed by atoms with Gasteiger partial charge in [0, 0.05) is 6.54 Å². The molecule has 86 valence electrons. The average Bonchev–Trinajstić information content (AvgIpc) is 2.66. The molecule has 1 atom stereocenters. The van der Waals surface area contributed by atoms with Crippen molar-refractivity contribution in [2.75, 3.05) is 19.8 Å². The number of carbonyl (C=O) groups excluding carboxylic acids is 2. The number of hydrogen-bond donors (Lipinski definition) is 0. The molecule has 15 heavy (non-hydrogen) atoms. The van der Waals surface area contributed by atoms with Crippen molar-refractivity contribution >= 4 is 12.1 Å². The number of amides is 1. The van der Waals surface area contributed by atoms with Crippen molar-refractivity contribution in [3.05, 3.63) is 0 Å². The maximum atomic E-state index is 11.5. The summed E-state index contributed by atoms with van der Waals surface area (Å²) in [4.78, 5) is 24.4. The second-order valence-corrected chi connectivity index (χ2v) is 3.30. The van der Waals surface area contributed by atoms with E-state index in [1.807, 2.05) is 0 Å². The number of esters is 1. The van der Waals surface area contributed by atoms with E-state index < -0.39 is 12.1 Å². The van der Waals surface area contributed by atoms with Crippen LogP contribution in [0.5, 0.6) is 0 Å². The number of carbonyl (C=O) groups is 2. The highest BCUT2D eigenvalue weighted by molar-refractivity contribution is 5.82. The van der Waals surface area contributed by atoms with Crippen LogP contribution in [0.2, 0.25) is 0 Å². The van der Waals surface area contributed by atoms with Crippen molar-refractivity contribution in [3.8, 4) is 0 Å². The summed E-state index contributed by atoms with van der Waals surface area (Å²) < 4.78 is 9.76. The van der Waals surface area contributed by atoms with Gasteiger partial charge in [-0.05, 0) is 26.7 Å². The molecule has 0 N–H and O–H groups in total. The third-order valence-electron chi connectivity index (χ3n) is 2.31. The Kier molecular flexibility index (Phi) is 4.39. The highest BCUT2D eigenvalue weighted by Crippen LogP contribution is 2.19. The number of rotatable bonds is 3. The van der Waals surface area contributed by atoms with Gasteiger partial charge in [0.25, 0.3) is 0 Å². The molecule has 1 fully saturated rings. The molecule has 1 saturated heterocycles. The first-order valence-electron chi connectivity index (χ1n) is 5.30. The minimum absolute atomic E-state index is 0.324. The van der Waals surface area contributed by atoms with Gasteiger partial charge in [-0.25, -0.2) is 9.59 Å². The van der Waals surface area contributed by atoms with Crippen LogP contribution in [0.4, 0.5) is 4.79 Å². The Morgan fingerprint density at radius 3 is 2.53 bits per heavy atom. The van der Waals surface area contributed by atoms with Gasteiger partial charge >= 0.3 is 12.1 Å². The van der Waals surface area contributed by atoms with Crippen LogP contribution in [0.15, 0.2) is 0 Å². The highest BCUT2D eigenvalue weighted by Gasteiger charge is 2.35. The number of likely N-dealkylation sites (tertiary alicyclic amines) is 1. The summed E-state index contributed by atoms with van der Waals surface area (Å²) in [7, 11) is 0. The molecule has 0 radical (unpaired) electrons. The summed E-state index contributed by atoms with van der Waals surface area (Å²) in [6.07, 6.45) is 1.06. The topological polar surface area (TPSA) is 55.8 Å². The predicted molar refractivity (Wildman–Crippen MR) is 53.4 cm³/mol. The lowest BCUT2D eigenvalue weighted by Gasteiger charge is -2.21. The summed E-state index contributed by atoms with van der Waals surface area (Å²) >= 11 is 0. The molecular weight excluding hydrogens is 198 g/mol. The molecule has 0 bridgehead atoms. The van der Waals surface area contributed by atoms with E-state index in [-0.39, 0.29) is 5.97 Å². The zero-order valence-corrected chi connectivity index (χ0v) is 9.19. The molecule has 1 amide bonds. The standard InChI is InChI=1S/C10H17NO4/c1-3-14-9(12)8-6-5-7-11(8)10(13)15-4-2/h8H,3-7H2,1-2H3/t8-/m1/s1. The van der Waals surface area contributed by atoms with Crippen LogP contribution in [0.1, 0.15) is 26.7 Å². The van der Waals surface area contributed by atoms with Gasteiger partial charge in [-0.15, -0.1) is 0 Å². The number of hydrogen-bond acceptors (Lipinski definition) is 4. The predicted octanol–water partition coefficient (Wildman–Crippen LogP) is 1.17. The molecule has 0 aliphatic carbocycles. The Bertz CT molecular complexity index is 218. The van der Waals surface area contributed by atoms with Crippen molar-refractivity contribution in [1.82, 2.24) is 4.90 Å². The Balaban J connectivity index is 2.56. The lowest BCUT2D eigenvalue weighted by molar-refractivity contribution is -0.147. The SMILES string of the molecule is CCOC(=O)[C@H]1CCCN1C(=O)OCC. The fourth-order valence-corrected chi connectivity index (χ4v) is 1.68. The van der Waals surface area contributed by atoms with Gasteiger partial charge in [0.05, 0.1) is 13.2 Å². The Morgan fingerprint density at radius 1 is 1.27 bits per heavy atom. The first-order valence-corrected chi connectivity index (χ1v) is 5.30. The maximum Gasteiger partial charge on any atom is 0.410 e. The van der Waals surface area contributed by atoms with Crippen LogP contribution < -0.4 is 0 Å². The average molecular weight is 215 g/mol. The van der Waals surface area contributed by atoms with Crippen molar-refractivity contribution in [2.45, 2.75) is 32.7 Å². The van der Waals surface area contributed by atoms with Crippen LogP contribution in [-0.4, -0.2) is 42.8 Å². The highest BCUT2D eigenvalue weighted by atomic mass is 16.6. The summed E-state index contributed by atoms with van der Waals surface area (Å²) in [5.41, 5.74) is 0. The zero-order valence-electron chi connectivity index (χ0n) is 9.19. The van der Waals surface area contributed by atoms with Gasteiger partial charge in [-0.1, -0.05) is 0 Å². The molecule has 1 aliphatic rings. The smallest absolute Gasteiger partial charge is 0.410 e. The zero-order chi connectivity index (χ0) is 11.3. The molecular formula is C10H17NO4. The Labute approximate surface area is 89.3 Å². The molecule has 0 unspecified atom stereocenters. The van der Waals surface area contributed by atoms with Gasteiger partial charge in [-0.3, -0.25) is 4.90 Å². The second kappa shape index (κ2) is 5.58. The summed E-state index contributed by atoms with van der Waals surface area (Å²) in [5.74, 6) is -0.331. The second-order valence-electron chi connectivity index (χ2n) is 3.30. The lowest BCUT2D eigenvalue weighted by Crippen LogP contribution is -2.41. The third-order valence-corrected chi connectivity index (χ3v) is 2.31. The Morgan fingerprint density at radius 2 is 1.93 bits per heavy atom. The van der Waals surface area contributed by atoms with E-state index in [4.69, 9.17) is 9.47 Å². The van der Waals surface area contributed by atoms with E-state index in [2.05, 4.69) is 0 Å². The van der Waals surface area contributed by atoms with Gasteiger partial charge in [0.1, 0.15) is 6.04 Å². The summed E-state index contributed by atoms with van der Waals surface area (Å²) in [6, 6.07) is -0.455. The molecule has 0 spiro atoms. The quantitative estimate of drug-likeness (QED) is 0.663. The first-order chi connectivity index (χ1) is 7.20. The van der Waals surface area contributed by atoms with Crippen LogP contribution >= 0.6 is 0 Å². The van der Waals surface area contributed by atoms with E-state index in [1.165, 1.54) is 4.90 Å². The largest absolute Gasteiger partial charge is 0.464 e. The van der Waals surface area contributed by atoms with Crippen molar-refractivity contribution < 1.29 is 19.1 Å². The van der Waals surface area contributed by atoms with Crippen LogP contribution in [0, 0.1) is 0 Å². The van der Waals surface area contributed by atoms with Gasteiger partial charge in [-0.2, -0.15) is 0 Å². The molecule has 1 aliphatic heterocycles. The maximum absolute atomic E-state index is 11.5. The monoisotopic (exact) mass is 215 g/mol. The fourth-order valence-electron chi connectivity index (χ4n) is 1.68. The first kappa shape index (κ1) is 11.8. The van der Waals surface area contributed by atoms with Crippen molar-refractivity contribution in [1.29, 1.82) is 0 Å². The number of nitrogens with zero attached hydrogens (tertiary/aromatic N) is 1. The molecule has 1 rings (SSSR count). The molecule has 0 aromatic rings. The number of ether oxygens (including phenoxy) is 2. The normalized spacial score (nSPS) is 20.1. The molecule has 1 heterocycles. The summed E-state index contributed by atoms with van der Waals surface area (Å²) in [6.45, 7) is 4.73. The third kappa shape index (κ3) is 2.84. The van der Waals surface area contributed by atoms with Crippen LogP contribution in [-0.2, 0) is 14.3 Å². The fraction of sp³-hybridized carbons (Fsp3) is 0.800. The van der Waals surface area contributed by atoms with Gasteiger partial charge in [0.2, 0.25) is 0 Å². The lowest BCUT2D eigenvalue weighted by atomic mass is 10.2. The molecule has 5 heteroatoms. The van der Waals surface area contributed by atoms with E-state index in [0.717, 1.165) is 6.42 Å². The molecule has 0 saturated carbocycles. The molecule has 0 aromatic carbocycles. The van der Waals surface area contributed by atoms with Crippen molar-refractivity contribution in [3.63, 3.8) is 0 Å². The van der Waals surface area contributed by atoms with Crippen LogP contribution in [0.25, 0.3) is 0 Å². The van der Waals surface area contributed by atoms with E-state index in [1.54, 1.807) is 13.8 Å². The minimum Gasteiger partial charge on any atom is -0.464 e. The van der Waals surface area contributed by atoms with E-state index in [0.29, 0.717) is 26.2 Å². The van der Waals surface area contributed by atoms with Crippen LogP contribution in [0.3, 0.4) is 0 Å². The molecule has 5 nitrogen and oxygen atoms in total. The van der Waals surface area contributed by atoms with Gasteiger partial charge in [0.15, 0.2) is 0 Å².